The molecule has 174 valence electrons. The van der Waals surface area contributed by atoms with E-state index in [9.17, 15) is 5.11 Å². The van der Waals surface area contributed by atoms with Gasteiger partial charge in [0.1, 0.15) is 29.5 Å². The van der Waals surface area contributed by atoms with Gasteiger partial charge in [0, 0.05) is 18.0 Å². The van der Waals surface area contributed by atoms with E-state index in [1.807, 2.05) is 35.9 Å². The van der Waals surface area contributed by atoms with Gasteiger partial charge in [-0.1, -0.05) is 51.9 Å². The molecule has 2 N–H and O–H groups in total. The number of nitrogens with zero attached hydrogens (tertiary/aromatic N) is 2. The summed E-state index contributed by atoms with van der Waals surface area (Å²) in [5, 5.41) is 20.4. The molecule has 1 unspecified atom stereocenters. The van der Waals surface area contributed by atoms with E-state index >= 15 is 0 Å². The largest absolute Gasteiger partial charge is 0.493 e. The average Bonchev–Trinajstić information content (AvgIpc) is 3.15. The van der Waals surface area contributed by atoms with Crippen LogP contribution in [0.3, 0.4) is 0 Å². The van der Waals surface area contributed by atoms with Crippen LogP contribution in [-0.2, 0) is 12.1 Å². The van der Waals surface area contributed by atoms with Crippen LogP contribution in [0.25, 0.3) is 0 Å². The van der Waals surface area contributed by atoms with Gasteiger partial charge in [0.25, 0.3) is 0 Å². The summed E-state index contributed by atoms with van der Waals surface area (Å²) >= 11 is 0. The molecule has 1 aromatic carbocycles. The van der Waals surface area contributed by atoms with E-state index in [0.29, 0.717) is 30.2 Å². The molecule has 0 spiro atoms. The third kappa shape index (κ3) is 8.54. The zero-order valence-electron chi connectivity index (χ0n) is 19.5. The van der Waals surface area contributed by atoms with Gasteiger partial charge in [-0.25, -0.2) is 4.98 Å². The average molecular weight is 433 g/mol. The van der Waals surface area contributed by atoms with Gasteiger partial charge >= 0.3 is 0 Å². The van der Waals surface area contributed by atoms with Crippen molar-refractivity contribution in [2.24, 2.45) is 0 Å². The fourth-order valence-corrected chi connectivity index (χ4v) is 3.71. The molecule has 2 rings (SSSR count). The number of benzene rings is 1. The first-order valence-corrected chi connectivity index (χ1v) is 11.7. The summed E-state index contributed by atoms with van der Waals surface area (Å²) < 4.78 is 13.6. The van der Waals surface area contributed by atoms with Gasteiger partial charge in [-0.2, -0.15) is 0 Å². The van der Waals surface area contributed by atoms with Crippen molar-refractivity contribution in [1.82, 2.24) is 9.55 Å². The van der Waals surface area contributed by atoms with Gasteiger partial charge < -0.3 is 24.3 Å². The van der Waals surface area contributed by atoms with Crippen molar-refractivity contribution in [2.75, 3.05) is 19.8 Å². The fraction of sp³-hybridized carbons (Fsp3) is 0.640. The molecule has 0 aliphatic heterocycles. The summed E-state index contributed by atoms with van der Waals surface area (Å²) in [6.07, 6.45) is 13.6. The molecule has 6 nitrogen and oxygen atoms in total. The normalized spacial score (nSPS) is 13.2. The lowest BCUT2D eigenvalue weighted by Crippen LogP contribution is -2.29. The maximum atomic E-state index is 11.3. The predicted octanol–water partition coefficient (Wildman–Crippen LogP) is 4.99. The number of unbranched alkanes of at least 4 members (excludes halogenated alkanes) is 7. The third-order valence-electron chi connectivity index (χ3n) is 5.55. The van der Waals surface area contributed by atoms with Crippen LogP contribution in [0.2, 0.25) is 0 Å². The molecule has 1 atom stereocenters. The molecule has 1 aromatic heterocycles. The minimum Gasteiger partial charge on any atom is -0.493 e. The molecule has 2 aromatic rings. The summed E-state index contributed by atoms with van der Waals surface area (Å²) in [5.41, 5.74) is -0.492. The first-order valence-electron chi connectivity index (χ1n) is 11.7. The van der Waals surface area contributed by atoms with Crippen molar-refractivity contribution in [1.29, 1.82) is 0 Å². The number of aliphatic hydroxyl groups is 2. The van der Waals surface area contributed by atoms with Crippen molar-refractivity contribution < 1.29 is 19.7 Å². The highest BCUT2D eigenvalue weighted by molar-refractivity contribution is 5.43. The van der Waals surface area contributed by atoms with E-state index in [-0.39, 0.29) is 13.2 Å². The molecule has 0 saturated carbocycles. The molecule has 0 aliphatic carbocycles. The zero-order valence-corrected chi connectivity index (χ0v) is 19.5. The molecule has 0 fully saturated rings. The van der Waals surface area contributed by atoms with E-state index < -0.39 is 5.60 Å². The Morgan fingerprint density at radius 2 is 1.71 bits per heavy atom. The minimum atomic E-state index is -1.17. The summed E-state index contributed by atoms with van der Waals surface area (Å²) in [7, 11) is 0. The Bertz CT molecular complexity index is 758. The number of ether oxygens (including phenoxy) is 2. The molecule has 0 saturated heterocycles. The topological polar surface area (TPSA) is 76.7 Å². The lowest BCUT2D eigenvalue weighted by molar-refractivity contribution is 0.0342. The van der Waals surface area contributed by atoms with Crippen molar-refractivity contribution in [3.63, 3.8) is 0 Å². The quantitative estimate of drug-likeness (QED) is 0.366. The third-order valence-corrected chi connectivity index (χ3v) is 5.55. The van der Waals surface area contributed by atoms with Crippen molar-refractivity contribution >= 4 is 0 Å². The van der Waals surface area contributed by atoms with Gasteiger partial charge in [0.2, 0.25) is 0 Å². The highest BCUT2D eigenvalue weighted by atomic mass is 16.5. The molecule has 0 bridgehead atoms. The Hall–Kier alpha value is -2.05. The molecule has 0 amide bonds. The smallest absolute Gasteiger partial charge is 0.125 e. The van der Waals surface area contributed by atoms with Crippen LogP contribution in [0.4, 0.5) is 0 Å². The van der Waals surface area contributed by atoms with Crippen LogP contribution < -0.4 is 9.47 Å². The first-order chi connectivity index (χ1) is 15.0. The second kappa shape index (κ2) is 13.4. The molecule has 6 heteroatoms. The molecule has 0 aliphatic rings. The standard InChI is InChI=1S/C25H40N2O4/c1-4-5-6-7-8-9-10-11-17-31-24-13-12-22(30-18-16-28)19-23(24)25(3,29)20-27-15-14-26-21(27)2/h12-15,19,28-29H,4-11,16-18,20H2,1-3H3. The first kappa shape index (κ1) is 25.2. The second-order valence-electron chi connectivity index (χ2n) is 8.43. The van der Waals surface area contributed by atoms with Crippen molar-refractivity contribution in [3.05, 3.63) is 42.0 Å². The number of hydrogen-bond donors (Lipinski definition) is 2. The maximum Gasteiger partial charge on any atom is 0.125 e. The Kier molecular flexibility index (Phi) is 10.9. The van der Waals surface area contributed by atoms with E-state index in [1.165, 1.54) is 38.5 Å². The van der Waals surface area contributed by atoms with Crippen LogP contribution in [0.1, 0.15) is 76.6 Å². The number of aromatic nitrogens is 2. The van der Waals surface area contributed by atoms with Gasteiger partial charge in [0.15, 0.2) is 0 Å². The van der Waals surface area contributed by atoms with Crippen LogP contribution in [0.15, 0.2) is 30.6 Å². The predicted molar refractivity (Wildman–Crippen MR) is 124 cm³/mol. The summed E-state index contributed by atoms with van der Waals surface area (Å²) in [4.78, 5) is 4.24. The number of aryl methyl sites for hydroxylation is 1. The maximum absolute atomic E-state index is 11.3. The summed E-state index contributed by atoms with van der Waals surface area (Å²) in [6.45, 7) is 7.06. The Morgan fingerprint density at radius 1 is 1.00 bits per heavy atom. The highest BCUT2D eigenvalue weighted by Crippen LogP contribution is 2.35. The lowest BCUT2D eigenvalue weighted by Gasteiger charge is -2.28. The van der Waals surface area contributed by atoms with Gasteiger partial charge in [-0.05, 0) is 38.5 Å². The number of rotatable bonds is 16. The second-order valence-corrected chi connectivity index (χ2v) is 8.43. The summed E-state index contributed by atoms with van der Waals surface area (Å²) in [5.74, 6) is 2.11. The van der Waals surface area contributed by atoms with Crippen LogP contribution in [0.5, 0.6) is 11.5 Å². The Labute approximate surface area is 187 Å². The van der Waals surface area contributed by atoms with Gasteiger partial charge in [-0.3, -0.25) is 0 Å². The molecule has 0 radical (unpaired) electrons. The SMILES string of the molecule is CCCCCCCCCCOc1ccc(OCCO)cc1C(C)(O)Cn1ccnc1C. The van der Waals surface area contributed by atoms with E-state index in [1.54, 1.807) is 13.1 Å². The number of imidazole rings is 1. The monoisotopic (exact) mass is 432 g/mol. The minimum absolute atomic E-state index is 0.0589. The molecular formula is C25H40N2O4. The van der Waals surface area contributed by atoms with Crippen LogP contribution in [0, 0.1) is 6.92 Å². The summed E-state index contributed by atoms with van der Waals surface area (Å²) in [6, 6.07) is 5.48. The van der Waals surface area contributed by atoms with Crippen LogP contribution >= 0.6 is 0 Å². The fourth-order valence-electron chi connectivity index (χ4n) is 3.71. The Morgan fingerprint density at radius 3 is 2.35 bits per heavy atom. The number of hydrogen-bond acceptors (Lipinski definition) is 5. The van der Waals surface area contributed by atoms with Crippen molar-refractivity contribution in [3.8, 4) is 11.5 Å². The van der Waals surface area contributed by atoms with Crippen molar-refractivity contribution in [2.45, 2.75) is 84.3 Å². The van der Waals surface area contributed by atoms with Gasteiger partial charge in [0.05, 0.1) is 19.8 Å². The lowest BCUT2D eigenvalue weighted by atomic mass is 9.94. The molecular weight excluding hydrogens is 392 g/mol. The van der Waals surface area contributed by atoms with E-state index in [0.717, 1.165) is 18.7 Å². The zero-order chi connectivity index (χ0) is 22.5. The van der Waals surface area contributed by atoms with Crippen LogP contribution in [-0.4, -0.2) is 39.6 Å². The molecule has 1 heterocycles. The van der Waals surface area contributed by atoms with E-state index in [2.05, 4.69) is 11.9 Å². The van der Waals surface area contributed by atoms with Gasteiger partial charge in [-0.15, -0.1) is 0 Å². The highest BCUT2D eigenvalue weighted by Gasteiger charge is 2.29. The Balaban J connectivity index is 1.98. The van der Waals surface area contributed by atoms with E-state index in [4.69, 9.17) is 14.6 Å². The molecule has 31 heavy (non-hydrogen) atoms. The number of aliphatic hydroxyl groups excluding tert-OH is 1.